The quantitative estimate of drug-likeness (QED) is 0.499. The molecule has 3 aromatic carbocycles. The maximum atomic E-state index is 13.3. The Labute approximate surface area is 165 Å². The molecule has 1 unspecified atom stereocenters. The molecule has 4 nitrogen and oxygen atoms in total. The van der Waals surface area contributed by atoms with Gasteiger partial charge in [0, 0.05) is 17.7 Å². The number of hydrogen-bond donors (Lipinski definition) is 1. The minimum atomic E-state index is -0.364. The van der Waals surface area contributed by atoms with Gasteiger partial charge >= 0.3 is 0 Å². The van der Waals surface area contributed by atoms with Crippen LogP contribution in [0.25, 0.3) is 11.0 Å². The first kappa shape index (κ1) is 16.9. The first-order valence-corrected chi connectivity index (χ1v) is 9.38. The smallest absolute Gasteiger partial charge is 0.256 e. The molecule has 1 aliphatic rings. The van der Waals surface area contributed by atoms with Crippen LogP contribution in [0.2, 0.25) is 0 Å². The van der Waals surface area contributed by atoms with Crippen molar-refractivity contribution < 1.29 is 9.18 Å². The summed E-state index contributed by atoms with van der Waals surface area (Å²) in [7, 11) is 0. The van der Waals surface area contributed by atoms with Crippen LogP contribution in [0.4, 0.5) is 4.39 Å². The van der Waals surface area contributed by atoms with Crippen molar-refractivity contribution in [2.75, 3.05) is 0 Å². The minimum absolute atomic E-state index is 0.0582. The maximum Gasteiger partial charge on any atom is 0.256 e. The van der Waals surface area contributed by atoms with Crippen molar-refractivity contribution in [2.45, 2.75) is 12.7 Å². The van der Waals surface area contributed by atoms with Gasteiger partial charge in [-0.15, -0.1) is 0 Å². The second-order valence-corrected chi connectivity index (χ2v) is 7.22. The molecule has 0 fully saturated rings. The number of carbonyl (C=O) groups excluding carboxylic acids is 1. The highest BCUT2D eigenvalue weighted by Crippen LogP contribution is 2.37. The molecular formula is C22H16FN3OS. The number of carbonyl (C=O) groups is 1. The average Bonchev–Trinajstić information content (AvgIpc) is 3.17. The molecule has 1 atom stereocenters. The van der Waals surface area contributed by atoms with Crippen LogP contribution in [-0.2, 0) is 6.54 Å². The van der Waals surface area contributed by atoms with E-state index in [9.17, 15) is 9.18 Å². The zero-order valence-electron chi connectivity index (χ0n) is 14.8. The fraction of sp³-hybridized carbons (Fsp3) is 0.0909. The predicted octanol–water partition coefficient (Wildman–Crippen LogP) is 5.04. The Bertz CT molecular complexity index is 1260. The van der Waals surface area contributed by atoms with E-state index in [1.807, 2.05) is 53.1 Å². The van der Waals surface area contributed by atoms with Crippen molar-refractivity contribution in [1.82, 2.24) is 14.5 Å². The van der Waals surface area contributed by atoms with E-state index >= 15 is 0 Å². The standard InChI is InChI=1S/C22H16FN3OS/c23-15-11-9-14(10-12-15)13-25-20(16-5-1-2-6-17(16)21(25)27)26-19-8-4-3-7-18(19)24-22(26)28/h1-12,20H,13H2,(H,24,28). The molecule has 2 heterocycles. The third-order valence-corrected chi connectivity index (χ3v) is 5.46. The predicted molar refractivity (Wildman–Crippen MR) is 108 cm³/mol. The second kappa shape index (κ2) is 6.42. The Kier molecular flexibility index (Phi) is 3.87. The zero-order chi connectivity index (χ0) is 19.3. The third kappa shape index (κ3) is 2.57. The van der Waals surface area contributed by atoms with Gasteiger partial charge in [0.25, 0.3) is 5.91 Å². The van der Waals surface area contributed by atoms with Crippen LogP contribution < -0.4 is 0 Å². The van der Waals surface area contributed by atoms with E-state index in [0.29, 0.717) is 16.9 Å². The number of hydrogen-bond acceptors (Lipinski definition) is 2. The summed E-state index contributed by atoms with van der Waals surface area (Å²) in [4.78, 5) is 18.2. The van der Waals surface area contributed by atoms with Crippen LogP contribution in [0.3, 0.4) is 0 Å². The van der Waals surface area contributed by atoms with E-state index in [-0.39, 0.29) is 17.9 Å². The summed E-state index contributed by atoms with van der Waals surface area (Å²) in [6.45, 7) is 0.361. The molecule has 0 aliphatic carbocycles. The Morgan fingerprint density at radius 3 is 2.50 bits per heavy atom. The highest BCUT2D eigenvalue weighted by atomic mass is 32.1. The molecule has 1 aliphatic heterocycles. The number of imidazole rings is 1. The molecule has 4 aromatic rings. The van der Waals surface area contributed by atoms with E-state index in [2.05, 4.69) is 4.98 Å². The third-order valence-electron chi connectivity index (χ3n) is 5.16. The number of aromatic nitrogens is 2. The van der Waals surface area contributed by atoms with Crippen LogP contribution >= 0.6 is 12.2 Å². The molecule has 1 N–H and O–H groups in total. The van der Waals surface area contributed by atoms with Crippen LogP contribution in [0.5, 0.6) is 0 Å². The number of halogens is 1. The lowest BCUT2D eigenvalue weighted by Crippen LogP contribution is -2.31. The van der Waals surface area contributed by atoms with Crippen molar-refractivity contribution in [1.29, 1.82) is 0 Å². The van der Waals surface area contributed by atoms with E-state index in [4.69, 9.17) is 12.2 Å². The number of nitrogens with zero attached hydrogens (tertiary/aromatic N) is 2. The van der Waals surface area contributed by atoms with Gasteiger partial charge < -0.3 is 9.88 Å². The molecule has 0 saturated carbocycles. The summed E-state index contributed by atoms with van der Waals surface area (Å²) < 4.78 is 15.9. The number of H-pyrrole nitrogens is 1. The summed E-state index contributed by atoms with van der Waals surface area (Å²) >= 11 is 5.61. The number of aromatic amines is 1. The number of rotatable bonds is 3. The average molecular weight is 389 g/mol. The van der Waals surface area contributed by atoms with E-state index < -0.39 is 0 Å². The molecular weight excluding hydrogens is 373 g/mol. The topological polar surface area (TPSA) is 41.0 Å². The number of fused-ring (bicyclic) bond motifs is 2. The summed E-state index contributed by atoms with van der Waals surface area (Å²) in [5, 5.41) is 0. The molecule has 1 aromatic heterocycles. The van der Waals surface area contributed by atoms with Crippen LogP contribution in [0.1, 0.15) is 27.7 Å². The van der Waals surface area contributed by atoms with Crippen molar-refractivity contribution >= 4 is 29.2 Å². The molecule has 0 bridgehead atoms. The lowest BCUT2D eigenvalue weighted by molar-refractivity contribution is 0.0686. The van der Waals surface area contributed by atoms with Gasteiger partial charge in [0.1, 0.15) is 12.0 Å². The van der Waals surface area contributed by atoms with Crippen LogP contribution in [0, 0.1) is 10.6 Å². The van der Waals surface area contributed by atoms with Gasteiger partial charge in [-0.25, -0.2) is 4.39 Å². The first-order chi connectivity index (χ1) is 13.6. The molecule has 138 valence electrons. The van der Waals surface area contributed by atoms with E-state index in [0.717, 1.165) is 22.2 Å². The fourth-order valence-corrected chi connectivity index (χ4v) is 4.20. The Balaban J connectivity index is 1.69. The summed E-state index contributed by atoms with van der Waals surface area (Å²) in [6, 6.07) is 21.7. The monoisotopic (exact) mass is 389 g/mol. The van der Waals surface area contributed by atoms with Gasteiger partial charge in [0.2, 0.25) is 0 Å². The van der Waals surface area contributed by atoms with Crippen molar-refractivity contribution in [3.05, 3.63) is 100 Å². The second-order valence-electron chi connectivity index (χ2n) is 6.84. The lowest BCUT2D eigenvalue weighted by Gasteiger charge is -2.27. The Morgan fingerprint density at radius 2 is 1.68 bits per heavy atom. The molecule has 0 radical (unpaired) electrons. The Morgan fingerprint density at radius 1 is 0.964 bits per heavy atom. The van der Waals surface area contributed by atoms with Crippen molar-refractivity contribution in [3.8, 4) is 0 Å². The SMILES string of the molecule is O=C1c2ccccc2C(n2c(=S)[nH]c3ccccc32)N1Cc1ccc(F)cc1. The summed E-state index contributed by atoms with van der Waals surface area (Å²) in [6.07, 6.45) is -0.364. The fourth-order valence-electron chi connectivity index (χ4n) is 3.89. The highest BCUT2D eigenvalue weighted by Gasteiger charge is 2.38. The first-order valence-electron chi connectivity index (χ1n) is 8.97. The van der Waals surface area contributed by atoms with Gasteiger partial charge in [0.15, 0.2) is 4.77 Å². The van der Waals surface area contributed by atoms with Gasteiger partial charge in [-0.2, -0.15) is 0 Å². The van der Waals surface area contributed by atoms with Crippen molar-refractivity contribution in [3.63, 3.8) is 0 Å². The molecule has 1 amide bonds. The molecule has 5 rings (SSSR count). The molecule has 28 heavy (non-hydrogen) atoms. The summed E-state index contributed by atoms with van der Waals surface area (Å²) in [5.74, 6) is -0.354. The zero-order valence-corrected chi connectivity index (χ0v) is 15.6. The molecule has 6 heteroatoms. The van der Waals surface area contributed by atoms with Gasteiger partial charge in [-0.3, -0.25) is 9.36 Å². The minimum Gasteiger partial charge on any atom is -0.331 e. The van der Waals surface area contributed by atoms with E-state index in [1.54, 1.807) is 17.0 Å². The maximum absolute atomic E-state index is 13.3. The Hall–Kier alpha value is -3.25. The largest absolute Gasteiger partial charge is 0.331 e. The summed E-state index contributed by atoms with van der Waals surface area (Å²) in [5.41, 5.74) is 4.30. The molecule has 0 spiro atoms. The van der Waals surface area contributed by atoms with Crippen molar-refractivity contribution in [2.24, 2.45) is 0 Å². The highest BCUT2D eigenvalue weighted by molar-refractivity contribution is 7.71. The van der Waals surface area contributed by atoms with Crippen LogP contribution in [-0.4, -0.2) is 20.4 Å². The van der Waals surface area contributed by atoms with Gasteiger partial charge in [-0.05, 0) is 48.1 Å². The van der Waals surface area contributed by atoms with Gasteiger partial charge in [0.05, 0.1) is 11.0 Å². The normalized spacial score (nSPS) is 16.0. The lowest BCUT2D eigenvalue weighted by atomic mass is 10.1. The van der Waals surface area contributed by atoms with Gasteiger partial charge in [-0.1, -0.05) is 42.5 Å². The number of para-hydroxylation sites is 2. The van der Waals surface area contributed by atoms with Crippen LogP contribution in [0.15, 0.2) is 72.8 Å². The van der Waals surface area contributed by atoms with E-state index in [1.165, 1.54) is 12.1 Å². The number of amides is 1. The number of nitrogens with one attached hydrogen (secondary N) is 1. The molecule has 0 saturated heterocycles. The number of benzene rings is 3.